The van der Waals surface area contributed by atoms with Gasteiger partial charge < -0.3 is 15.5 Å². The minimum Gasteiger partial charge on any atom is -0.373 e. The van der Waals surface area contributed by atoms with E-state index in [9.17, 15) is 4.79 Å². The zero-order chi connectivity index (χ0) is 14.4. The summed E-state index contributed by atoms with van der Waals surface area (Å²) in [5.41, 5.74) is 0. The van der Waals surface area contributed by atoms with Gasteiger partial charge in [-0.05, 0) is 27.7 Å². The monoisotopic (exact) mass is 265 g/mol. The Morgan fingerprint density at radius 1 is 1.32 bits per heavy atom. The summed E-state index contributed by atoms with van der Waals surface area (Å²) in [4.78, 5) is 22.4. The quantitative estimate of drug-likeness (QED) is 0.815. The highest BCUT2D eigenvalue weighted by Gasteiger charge is 2.18. The molecule has 0 saturated heterocycles. The molecule has 0 aromatic carbocycles. The summed E-state index contributed by atoms with van der Waals surface area (Å²) < 4.78 is 0. The molecule has 106 valence electrons. The zero-order valence-corrected chi connectivity index (χ0v) is 12.3. The lowest BCUT2D eigenvalue weighted by Crippen LogP contribution is -2.41. The Balaban J connectivity index is 2.78. The van der Waals surface area contributed by atoms with Crippen molar-refractivity contribution in [1.82, 2.24) is 14.9 Å². The number of carbonyl (C=O) groups excluding carboxylic acids is 1. The standard InChI is InChI=1S/C13H23N5O/c1-6-18(7-2)13(19)9(3)15-12-8-11(14-5)16-10(4)17-12/h8-9H,6-7H2,1-5H3,(H2,14,15,16,17). The van der Waals surface area contributed by atoms with Crippen LogP contribution in [0.15, 0.2) is 6.07 Å². The summed E-state index contributed by atoms with van der Waals surface area (Å²) in [6.07, 6.45) is 0. The number of nitrogens with zero attached hydrogens (tertiary/aromatic N) is 3. The van der Waals surface area contributed by atoms with Gasteiger partial charge in [0.2, 0.25) is 5.91 Å². The smallest absolute Gasteiger partial charge is 0.244 e. The SMILES string of the molecule is CCN(CC)C(=O)C(C)Nc1cc(NC)nc(C)n1. The molecule has 1 heterocycles. The van der Waals surface area contributed by atoms with Crippen LogP contribution in [-0.2, 0) is 4.79 Å². The molecular weight excluding hydrogens is 242 g/mol. The van der Waals surface area contributed by atoms with E-state index in [1.54, 1.807) is 18.0 Å². The molecule has 2 N–H and O–H groups in total. The maximum absolute atomic E-state index is 12.2. The van der Waals surface area contributed by atoms with Crippen LogP contribution in [0, 0.1) is 6.92 Å². The Morgan fingerprint density at radius 2 is 1.89 bits per heavy atom. The maximum Gasteiger partial charge on any atom is 0.244 e. The van der Waals surface area contributed by atoms with Gasteiger partial charge in [-0.2, -0.15) is 0 Å². The summed E-state index contributed by atoms with van der Waals surface area (Å²) in [5.74, 6) is 2.13. The minimum atomic E-state index is -0.307. The van der Waals surface area contributed by atoms with E-state index in [-0.39, 0.29) is 11.9 Å². The lowest BCUT2D eigenvalue weighted by atomic mass is 10.2. The molecule has 1 aromatic heterocycles. The summed E-state index contributed by atoms with van der Waals surface area (Å²) in [6, 6.07) is 1.48. The third-order valence-corrected chi connectivity index (χ3v) is 2.90. The number of anilines is 2. The summed E-state index contributed by atoms with van der Waals surface area (Å²) in [6.45, 7) is 9.04. The number of amides is 1. The second kappa shape index (κ2) is 6.92. The highest BCUT2D eigenvalue weighted by molar-refractivity contribution is 5.84. The average Bonchev–Trinajstić information content (AvgIpc) is 2.39. The first kappa shape index (κ1) is 15.2. The van der Waals surface area contributed by atoms with Crippen molar-refractivity contribution >= 4 is 17.5 Å². The molecular formula is C13H23N5O. The molecule has 0 aliphatic heterocycles. The van der Waals surface area contributed by atoms with Gasteiger partial charge in [-0.15, -0.1) is 0 Å². The van der Waals surface area contributed by atoms with Crippen LogP contribution in [0.5, 0.6) is 0 Å². The maximum atomic E-state index is 12.2. The van der Waals surface area contributed by atoms with E-state index in [1.807, 2.05) is 27.7 Å². The highest BCUT2D eigenvalue weighted by atomic mass is 16.2. The predicted octanol–water partition coefficient (Wildman–Crippen LogP) is 1.50. The topological polar surface area (TPSA) is 70.2 Å². The Labute approximate surface area is 114 Å². The Morgan fingerprint density at radius 3 is 2.42 bits per heavy atom. The summed E-state index contributed by atoms with van der Waals surface area (Å²) in [7, 11) is 1.80. The second-order valence-electron chi connectivity index (χ2n) is 4.31. The van der Waals surface area contributed by atoms with Gasteiger partial charge in [0.25, 0.3) is 0 Å². The molecule has 0 fully saturated rings. The van der Waals surface area contributed by atoms with Crippen molar-refractivity contribution in [3.05, 3.63) is 11.9 Å². The van der Waals surface area contributed by atoms with Gasteiger partial charge in [0.05, 0.1) is 0 Å². The van der Waals surface area contributed by atoms with Crippen molar-refractivity contribution in [3.63, 3.8) is 0 Å². The molecule has 0 aliphatic rings. The third-order valence-electron chi connectivity index (χ3n) is 2.90. The van der Waals surface area contributed by atoms with Crippen LogP contribution in [0.3, 0.4) is 0 Å². The van der Waals surface area contributed by atoms with Gasteiger partial charge in [-0.25, -0.2) is 9.97 Å². The number of likely N-dealkylation sites (N-methyl/N-ethyl adjacent to an activating group) is 1. The van der Waals surface area contributed by atoms with E-state index >= 15 is 0 Å². The third kappa shape index (κ3) is 4.08. The number of carbonyl (C=O) groups is 1. The lowest BCUT2D eigenvalue weighted by molar-refractivity contribution is -0.131. The number of hydrogen-bond acceptors (Lipinski definition) is 5. The van der Waals surface area contributed by atoms with Crippen molar-refractivity contribution in [2.45, 2.75) is 33.7 Å². The van der Waals surface area contributed by atoms with Gasteiger partial charge in [0.1, 0.15) is 23.5 Å². The molecule has 0 spiro atoms. The van der Waals surface area contributed by atoms with Crippen LogP contribution in [0.1, 0.15) is 26.6 Å². The predicted molar refractivity (Wildman–Crippen MR) is 77.3 cm³/mol. The Kier molecular flexibility index (Phi) is 5.54. The molecule has 6 nitrogen and oxygen atoms in total. The molecule has 0 bridgehead atoms. The molecule has 1 atom stereocenters. The molecule has 1 amide bonds. The van der Waals surface area contributed by atoms with E-state index < -0.39 is 0 Å². The normalized spacial score (nSPS) is 11.8. The minimum absolute atomic E-state index is 0.0762. The fraction of sp³-hybridized carbons (Fsp3) is 0.615. The first-order chi connectivity index (χ1) is 9.01. The number of hydrogen-bond donors (Lipinski definition) is 2. The Bertz CT molecular complexity index is 431. The molecule has 0 saturated carbocycles. The van der Waals surface area contributed by atoms with Crippen molar-refractivity contribution in [3.8, 4) is 0 Å². The van der Waals surface area contributed by atoms with E-state index in [0.717, 1.165) is 5.82 Å². The molecule has 0 radical (unpaired) electrons. The van der Waals surface area contributed by atoms with Gasteiger partial charge in [0, 0.05) is 26.2 Å². The molecule has 1 aromatic rings. The van der Waals surface area contributed by atoms with Gasteiger partial charge in [-0.3, -0.25) is 4.79 Å². The summed E-state index contributed by atoms with van der Waals surface area (Å²) >= 11 is 0. The van der Waals surface area contributed by atoms with E-state index in [4.69, 9.17) is 0 Å². The van der Waals surface area contributed by atoms with Crippen molar-refractivity contribution in [2.24, 2.45) is 0 Å². The molecule has 1 unspecified atom stereocenters. The van der Waals surface area contributed by atoms with Crippen LogP contribution >= 0.6 is 0 Å². The zero-order valence-electron chi connectivity index (χ0n) is 12.3. The van der Waals surface area contributed by atoms with Crippen molar-refractivity contribution in [1.29, 1.82) is 0 Å². The first-order valence-corrected chi connectivity index (χ1v) is 6.60. The van der Waals surface area contributed by atoms with E-state index in [1.165, 1.54) is 0 Å². The number of aromatic nitrogens is 2. The molecule has 19 heavy (non-hydrogen) atoms. The van der Waals surface area contributed by atoms with Crippen LogP contribution in [-0.4, -0.2) is 47.0 Å². The summed E-state index contributed by atoms with van der Waals surface area (Å²) in [5, 5.41) is 6.09. The average molecular weight is 265 g/mol. The van der Waals surface area contributed by atoms with Crippen LogP contribution in [0.4, 0.5) is 11.6 Å². The number of nitrogens with one attached hydrogen (secondary N) is 2. The van der Waals surface area contributed by atoms with Gasteiger partial charge >= 0.3 is 0 Å². The highest BCUT2D eigenvalue weighted by Crippen LogP contribution is 2.12. The van der Waals surface area contributed by atoms with Gasteiger partial charge in [0.15, 0.2) is 0 Å². The van der Waals surface area contributed by atoms with E-state index in [0.29, 0.717) is 24.7 Å². The van der Waals surface area contributed by atoms with Crippen LogP contribution < -0.4 is 10.6 Å². The Hall–Kier alpha value is -1.85. The first-order valence-electron chi connectivity index (χ1n) is 6.60. The number of rotatable bonds is 6. The second-order valence-corrected chi connectivity index (χ2v) is 4.31. The van der Waals surface area contributed by atoms with Crippen molar-refractivity contribution < 1.29 is 4.79 Å². The fourth-order valence-corrected chi connectivity index (χ4v) is 1.86. The lowest BCUT2D eigenvalue weighted by Gasteiger charge is -2.23. The molecule has 1 rings (SSSR count). The fourth-order valence-electron chi connectivity index (χ4n) is 1.86. The van der Waals surface area contributed by atoms with E-state index in [2.05, 4.69) is 20.6 Å². The molecule has 0 aliphatic carbocycles. The van der Waals surface area contributed by atoms with Crippen LogP contribution in [0.2, 0.25) is 0 Å². The number of aryl methyl sites for hydroxylation is 1. The largest absolute Gasteiger partial charge is 0.373 e. The van der Waals surface area contributed by atoms with Crippen molar-refractivity contribution in [2.75, 3.05) is 30.8 Å². The molecule has 6 heteroatoms. The van der Waals surface area contributed by atoms with Gasteiger partial charge in [-0.1, -0.05) is 0 Å². The van der Waals surface area contributed by atoms with Crippen LogP contribution in [0.25, 0.3) is 0 Å².